The highest BCUT2D eigenvalue weighted by Crippen LogP contribution is 2.38. The molecule has 6 heteroatoms. The zero-order valence-corrected chi connectivity index (χ0v) is 13.7. The largest absolute Gasteiger partial charge is 0.457 e. The molecule has 1 aliphatic carbocycles. The summed E-state index contributed by atoms with van der Waals surface area (Å²) < 4.78 is 8.07. The highest BCUT2D eigenvalue weighted by atomic mass is 32.1. The van der Waals surface area contributed by atoms with Gasteiger partial charge in [-0.3, -0.25) is 5.10 Å². The third-order valence-electron chi connectivity index (χ3n) is 3.78. The molecular formula is C18H16N4OS. The van der Waals surface area contributed by atoms with Crippen LogP contribution in [0, 0.1) is 4.77 Å². The van der Waals surface area contributed by atoms with Gasteiger partial charge < -0.3 is 4.74 Å². The number of hydrogen-bond acceptors (Lipinski definition) is 4. The summed E-state index contributed by atoms with van der Waals surface area (Å²) in [4.78, 5) is 0. The van der Waals surface area contributed by atoms with Crippen LogP contribution in [0.5, 0.6) is 11.5 Å². The van der Waals surface area contributed by atoms with Crippen molar-refractivity contribution in [2.24, 2.45) is 5.10 Å². The molecule has 0 amide bonds. The number of aromatic amines is 1. The second kappa shape index (κ2) is 6.41. The van der Waals surface area contributed by atoms with E-state index in [9.17, 15) is 0 Å². The Kier molecular flexibility index (Phi) is 3.96. The number of nitrogens with zero attached hydrogens (tertiary/aromatic N) is 3. The molecule has 5 nitrogen and oxygen atoms in total. The summed E-state index contributed by atoms with van der Waals surface area (Å²) in [6.45, 7) is 0. The Morgan fingerprint density at radius 1 is 1.12 bits per heavy atom. The number of para-hydroxylation sites is 1. The van der Waals surface area contributed by atoms with Crippen molar-refractivity contribution >= 4 is 18.4 Å². The first-order chi connectivity index (χ1) is 11.8. The van der Waals surface area contributed by atoms with Crippen molar-refractivity contribution in [2.75, 3.05) is 0 Å². The van der Waals surface area contributed by atoms with Crippen LogP contribution in [0.3, 0.4) is 0 Å². The summed E-state index contributed by atoms with van der Waals surface area (Å²) in [5, 5.41) is 11.6. The number of H-pyrrole nitrogens is 1. The number of hydrogen-bond donors (Lipinski definition) is 1. The first-order valence-corrected chi connectivity index (χ1v) is 8.25. The zero-order valence-electron chi connectivity index (χ0n) is 12.9. The molecule has 0 bridgehead atoms. The minimum absolute atomic E-state index is 0.475. The van der Waals surface area contributed by atoms with Gasteiger partial charge in [-0.15, -0.1) is 0 Å². The quantitative estimate of drug-likeness (QED) is 0.551. The number of aromatic nitrogens is 3. The van der Waals surface area contributed by atoms with E-state index in [1.165, 1.54) is 0 Å². The molecule has 1 saturated carbocycles. The lowest BCUT2D eigenvalue weighted by molar-refractivity contribution is 0.482. The van der Waals surface area contributed by atoms with E-state index >= 15 is 0 Å². The van der Waals surface area contributed by atoms with Crippen LogP contribution in [0.15, 0.2) is 59.7 Å². The van der Waals surface area contributed by atoms with Gasteiger partial charge in [-0.25, -0.2) is 0 Å². The number of rotatable bonds is 5. The summed E-state index contributed by atoms with van der Waals surface area (Å²) in [5.74, 6) is 2.96. The molecule has 24 heavy (non-hydrogen) atoms. The van der Waals surface area contributed by atoms with Gasteiger partial charge in [0.05, 0.1) is 6.21 Å². The van der Waals surface area contributed by atoms with Gasteiger partial charge in [0.1, 0.15) is 11.5 Å². The summed E-state index contributed by atoms with van der Waals surface area (Å²) in [5.41, 5.74) is 0.938. The summed E-state index contributed by atoms with van der Waals surface area (Å²) >= 11 is 5.25. The Morgan fingerprint density at radius 3 is 2.71 bits per heavy atom. The van der Waals surface area contributed by atoms with E-state index in [2.05, 4.69) is 15.3 Å². The molecule has 0 radical (unpaired) electrons. The maximum absolute atomic E-state index is 5.84. The van der Waals surface area contributed by atoms with Gasteiger partial charge in [0.25, 0.3) is 0 Å². The monoisotopic (exact) mass is 336 g/mol. The van der Waals surface area contributed by atoms with Crippen LogP contribution in [0.25, 0.3) is 0 Å². The van der Waals surface area contributed by atoms with Crippen molar-refractivity contribution in [3.63, 3.8) is 0 Å². The van der Waals surface area contributed by atoms with E-state index < -0.39 is 0 Å². The number of nitrogens with one attached hydrogen (secondary N) is 1. The first kappa shape index (κ1) is 14.8. The third-order valence-corrected chi connectivity index (χ3v) is 4.04. The smallest absolute Gasteiger partial charge is 0.216 e. The van der Waals surface area contributed by atoms with Crippen LogP contribution in [0.2, 0.25) is 0 Å². The third kappa shape index (κ3) is 3.28. The lowest BCUT2D eigenvalue weighted by atomic mass is 10.2. The molecule has 0 aliphatic heterocycles. The van der Waals surface area contributed by atoms with E-state index in [0.29, 0.717) is 10.7 Å². The van der Waals surface area contributed by atoms with E-state index in [0.717, 1.165) is 35.7 Å². The van der Waals surface area contributed by atoms with Crippen molar-refractivity contribution in [3.8, 4) is 11.5 Å². The van der Waals surface area contributed by atoms with Gasteiger partial charge in [0.2, 0.25) is 4.77 Å². The van der Waals surface area contributed by atoms with Crippen molar-refractivity contribution in [1.29, 1.82) is 0 Å². The minimum Gasteiger partial charge on any atom is -0.457 e. The zero-order chi connectivity index (χ0) is 16.4. The lowest BCUT2D eigenvalue weighted by Gasteiger charge is -2.05. The minimum atomic E-state index is 0.475. The SMILES string of the molecule is S=c1[nH]nc(C2CC2)n1/N=C\c1cccc(Oc2ccccc2)c1. The second-order valence-electron chi connectivity index (χ2n) is 5.71. The van der Waals surface area contributed by atoms with Crippen LogP contribution in [0.4, 0.5) is 0 Å². The normalized spacial score (nSPS) is 14.2. The Hall–Kier alpha value is -2.73. The molecule has 1 aliphatic rings. The van der Waals surface area contributed by atoms with E-state index in [1.54, 1.807) is 10.9 Å². The molecule has 0 saturated heterocycles. The van der Waals surface area contributed by atoms with Gasteiger partial charge in [0, 0.05) is 5.92 Å². The molecule has 1 heterocycles. The fourth-order valence-corrected chi connectivity index (χ4v) is 2.61. The van der Waals surface area contributed by atoms with E-state index in [1.807, 2.05) is 54.6 Å². The fraction of sp³-hybridized carbons (Fsp3) is 0.167. The molecular weight excluding hydrogens is 320 g/mol. The highest BCUT2D eigenvalue weighted by Gasteiger charge is 2.29. The fourth-order valence-electron chi connectivity index (χ4n) is 2.43. The molecule has 0 spiro atoms. The van der Waals surface area contributed by atoms with Crippen molar-refractivity contribution < 1.29 is 4.74 Å². The van der Waals surface area contributed by atoms with E-state index in [4.69, 9.17) is 17.0 Å². The summed E-state index contributed by atoms with van der Waals surface area (Å²) in [7, 11) is 0. The average molecular weight is 336 g/mol. The number of benzene rings is 2. The average Bonchev–Trinajstić information content (AvgIpc) is 3.38. The van der Waals surface area contributed by atoms with Crippen LogP contribution in [-0.2, 0) is 0 Å². The molecule has 0 atom stereocenters. The molecule has 0 unspecified atom stereocenters. The van der Waals surface area contributed by atoms with Gasteiger partial charge >= 0.3 is 0 Å². The molecule has 120 valence electrons. The van der Waals surface area contributed by atoms with Crippen molar-refractivity contribution in [3.05, 3.63) is 70.8 Å². The van der Waals surface area contributed by atoms with Crippen LogP contribution in [0.1, 0.15) is 30.1 Å². The maximum Gasteiger partial charge on any atom is 0.216 e. The van der Waals surface area contributed by atoms with Gasteiger partial charge in [-0.1, -0.05) is 30.3 Å². The predicted molar refractivity (Wildman–Crippen MR) is 95.3 cm³/mol. The van der Waals surface area contributed by atoms with Gasteiger partial charge in [-0.2, -0.15) is 14.9 Å². The Labute approximate surface area is 144 Å². The predicted octanol–water partition coefficient (Wildman–Crippen LogP) is 4.49. The molecule has 4 rings (SSSR count). The molecule has 1 aromatic heterocycles. The van der Waals surface area contributed by atoms with Gasteiger partial charge in [0.15, 0.2) is 5.82 Å². The Bertz CT molecular complexity index is 925. The Morgan fingerprint density at radius 2 is 1.92 bits per heavy atom. The summed E-state index contributed by atoms with van der Waals surface area (Å²) in [6.07, 6.45) is 4.07. The van der Waals surface area contributed by atoms with Crippen LogP contribution in [-0.4, -0.2) is 21.1 Å². The van der Waals surface area contributed by atoms with Crippen molar-refractivity contribution in [1.82, 2.24) is 14.9 Å². The summed E-state index contributed by atoms with van der Waals surface area (Å²) in [6, 6.07) is 17.5. The lowest BCUT2D eigenvalue weighted by Crippen LogP contribution is -1.97. The van der Waals surface area contributed by atoms with Crippen LogP contribution >= 0.6 is 12.2 Å². The number of ether oxygens (including phenoxy) is 1. The Balaban J connectivity index is 1.56. The maximum atomic E-state index is 5.84. The first-order valence-electron chi connectivity index (χ1n) is 7.84. The second-order valence-corrected chi connectivity index (χ2v) is 6.09. The molecule has 1 N–H and O–H groups in total. The van der Waals surface area contributed by atoms with Crippen molar-refractivity contribution in [2.45, 2.75) is 18.8 Å². The highest BCUT2D eigenvalue weighted by molar-refractivity contribution is 7.71. The standard InChI is InChI=1S/C18H16N4OS/c24-18-21-20-17(14-9-10-14)22(18)19-12-13-5-4-8-16(11-13)23-15-6-2-1-3-7-15/h1-8,11-12,14H,9-10H2,(H,21,24)/b19-12-. The topological polar surface area (TPSA) is 55.2 Å². The van der Waals surface area contributed by atoms with Gasteiger partial charge in [-0.05, 0) is 54.9 Å². The van der Waals surface area contributed by atoms with E-state index in [-0.39, 0.29) is 0 Å². The molecule has 1 fully saturated rings. The van der Waals surface area contributed by atoms with Crippen LogP contribution < -0.4 is 4.74 Å². The molecule has 2 aromatic carbocycles. The molecule has 3 aromatic rings.